The highest BCUT2D eigenvalue weighted by Gasteiger charge is 2.44. The number of hydrogen-bond acceptors (Lipinski definition) is 2. The third-order valence-electron chi connectivity index (χ3n) is 5.37. The fourth-order valence-electron chi connectivity index (χ4n) is 3.73. The van der Waals surface area contributed by atoms with Crippen LogP contribution in [0.2, 0.25) is 0 Å². The summed E-state index contributed by atoms with van der Waals surface area (Å²) in [5.41, 5.74) is 2.81. The summed E-state index contributed by atoms with van der Waals surface area (Å²) >= 11 is 0. The largest absolute Gasteiger partial charge is 0.390 e. The van der Waals surface area contributed by atoms with Crippen LogP contribution in [0.4, 0.5) is 9.18 Å². The molecule has 0 saturated heterocycles. The minimum Gasteiger partial charge on any atom is -0.390 e. The molecule has 0 bridgehead atoms. The number of carbonyl (C=O) groups excluding carboxylic acids is 1. The SMILES string of the molecule is O=C(NCC1(c2cccc(F)c2)CC1)NC1c2ccccc2CC1O. The molecule has 0 heterocycles. The maximum absolute atomic E-state index is 13.5. The van der Waals surface area contributed by atoms with Crippen LogP contribution in [0.3, 0.4) is 0 Å². The van der Waals surface area contributed by atoms with Crippen LogP contribution >= 0.6 is 0 Å². The lowest BCUT2D eigenvalue weighted by molar-refractivity contribution is 0.142. The van der Waals surface area contributed by atoms with E-state index in [9.17, 15) is 14.3 Å². The fourth-order valence-corrected chi connectivity index (χ4v) is 3.73. The molecule has 4 nitrogen and oxygen atoms in total. The van der Waals surface area contributed by atoms with E-state index in [1.165, 1.54) is 6.07 Å². The Labute approximate surface area is 146 Å². The highest BCUT2D eigenvalue weighted by Crippen LogP contribution is 2.47. The molecule has 0 spiro atoms. The van der Waals surface area contributed by atoms with Crippen LogP contribution in [0.25, 0.3) is 0 Å². The van der Waals surface area contributed by atoms with E-state index in [1.807, 2.05) is 30.3 Å². The Hall–Kier alpha value is -2.40. The number of urea groups is 1. The number of rotatable bonds is 4. The van der Waals surface area contributed by atoms with Crippen molar-refractivity contribution in [1.82, 2.24) is 10.6 Å². The summed E-state index contributed by atoms with van der Waals surface area (Å²) in [4.78, 5) is 12.3. The molecule has 2 aliphatic rings. The maximum Gasteiger partial charge on any atom is 0.315 e. The number of fused-ring (bicyclic) bond motifs is 1. The van der Waals surface area contributed by atoms with Crippen molar-refractivity contribution in [2.24, 2.45) is 0 Å². The lowest BCUT2D eigenvalue weighted by atomic mass is 9.96. The third-order valence-corrected chi connectivity index (χ3v) is 5.37. The fraction of sp³-hybridized carbons (Fsp3) is 0.350. The van der Waals surface area contributed by atoms with Crippen LogP contribution in [0.5, 0.6) is 0 Å². The Balaban J connectivity index is 1.39. The van der Waals surface area contributed by atoms with Crippen LogP contribution in [-0.2, 0) is 11.8 Å². The summed E-state index contributed by atoms with van der Waals surface area (Å²) in [5.74, 6) is -0.251. The van der Waals surface area contributed by atoms with Gasteiger partial charge in [-0.25, -0.2) is 9.18 Å². The van der Waals surface area contributed by atoms with Crippen LogP contribution in [0, 0.1) is 5.82 Å². The lowest BCUT2D eigenvalue weighted by Gasteiger charge is -2.21. The molecule has 1 fully saturated rings. The molecule has 2 atom stereocenters. The quantitative estimate of drug-likeness (QED) is 0.801. The second-order valence-electron chi connectivity index (χ2n) is 7.07. The molecule has 130 valence electrons. The van der Waals surface area contributed by atoms with Crippen molar-refractivity contribution in [3.8, 4) is 0 Å². The number of benzene rings is 2. The van der Waals surface area contributed by atoms with Gasteiger partial charge in [-0.1, -0.05) is 36.4 Å². The number of halogens is 1. The van der Waals surface area contributed by atoms with Gasteiger partial charge in [0.05, 0.1) is 12.1 Å². The van der Waals surface area contributed by atoms with Crippen molar-refractivity contribution >= 4 is 6.03 Å². The molecular formula is C20H21FN2O2. The second kappa shape index (κ2) is 6.15. The summed E-state index contributed by atoms with van der Waals surface area (Å²) in [7, 11) is 0. The van der Waals surface area contributed by atoms with Gasteiger partial charge in [-0.3, -0.25) is 0 Å². The van der Waals surface area contributed by atoms with Gasteiger partial charge in [0.1, 0.15) is 5.82 Å². The molecule has 0 aliphatic heterocycles. The summed E-state index contributed by atoms with van der Waals surface area (Å²) in [5, 5.41) is 16.0. The normalized spacial score (nSPS) is 23.0. The molecule has 2 aromatic rings. The van der Waals surface area contributed by atoms with Gasteiger partial charge in [0.25, 0.3) is 0 Å². The van der Waals surface area contributed by atoms with E-state index >= 15 is 0 Å². The second-order valence-corrected chi connectivity index (χ2v) is 7.07. The van der Waals surface area contributed by atoms with Crippen molar-refractivity contribution in [3.63, 3.8) is 0 Å². The number of hydrogen-bond donors (Lipinski definition) is 3. The number of aliphatic hydroxyl groups excluding tert-OH is 1. The zero-order chi connectivity index (χ0) is 17.4. The Morgan fingerprint density at radius 1 is 1.20 bits per heavy atom. The van der Waals surface area contributed by atoms with Crippen LogP contribution in [0.15, 0.2) is 48.5 Å². The third kappa shape index (κ3) is 3.12. The Morgan fingerprint density at radius 2 is 2.00 bits per heavy atom. The van der Waals surface area contributed by atoms with Gasteiger partial charge in [0.2, 0.25) is 0 Å². The van der Waals surface area contributed by atoms with Gasteiger partial charge < -0.3 is 15.7 Å². The first-order valence-corrected chi connectivity index (χ1v) is 8.64. The molecule has 2 aliphatic carbocycles. The maximum atomic E-state index is 13.5. The molecule has 0 radical (unpaired) electrons. The van der Waals surface area contributed by atoms with Crippen molar-refractivity contribution in [1.29, 1.82) is 0 Å². The lowest BCUT2D eigenvalue weighted by Crippen LogP contribution is -2.43. The highest BCUT2D eigenvalue weighted by atomic mass is 19.1. The minimum absolute atomic E-state index is 0.161. The van der Waals surface area contributed by atoms with Gasteiger partial charge in [-0.05, 0) is 41.7 Å². The van der Waals surface area contributed by atoms with Crippen LogP contribution in [0.1, 0.15) is 35.6 Å². The zero-order valence-corrected chi connectivity index (χ0v) is 13.8. The molecule has 1 saturated carbocycles. The first kappa shape index (κ1) is 16.1. The predicted octanol–water partition coefficient (Wildman–Crippen LogP) is 2.81. The predicted molar refractivity (Wildman–Crippen MR) is 92.7 cm³/mol. The minimum atomic E-state index is -0.610. The van der Waals surface area contributed by atoms with E-state index in [-0.39, 0.29) is 23.3 Å². The molecule has 3 N–H and O–H groups in total. The number of carbonyl (C=O) groups is 1. The number of amides is 2. The molecule has 25 heavy (non-hydrogen) atoms. The first-order chi connectivity index (χ1) is 12.1. The molecule has 4 rings (SSSR count). The van der Waals surface area contributed by atoms with E-state index < -0.39 is 6.10 Å². The Morgan fingerprint density at radius 3 is 2.76 bits per heavy atom. The number of aliphatic hydroxyl groups is 1. The average molecular weight is 340 g/mol. The monoisotopic (exact) mass is 340 g/mol. The van der Waals surface area contributed by atoms with Crippen molar-refractivity contribution in [3.05, 3.63) is 71.0 Å². The summed E-state index contributed by atoms with van der Waals surface area (Å²) in [6, 6.07) is 13.7. The van der Waals surface area contributed by atoms with E-state index in [0.29, 0.717) is 13.0 Å². The van der Waals surface area contributed by atoms with E-state index in [1.54, 1.807) is 12.1 Å². The number of nitrogens with one attached hydrogen (secondary N) is 2. The molecule has 0 aromatic heterocycles. The van der Waals surface area contributed by atoms with Crippen molar-refractivity contribution in [2.45, 2.75) is 36.8 Å². The van der Waals surface area contributed by atoms with Crippen LogP contribution < -0.4 is 10.6 Å². The summed E-state index contributed by atoms with van der Waals surface area (Å²) < 4.78 is 13.5. The average Bonchev–Trinajstić information content (AvgIpc) is 3.34. The molecule has 2 aromatic carbocycles. The first-order valence-electron chi connectivity index (χ1n) is 8.64. The Kier molecular flexibility index (Phi) is 3.96. The van der Waals surface area contributed by atoms with E-state index in [4.69, 9.17) is 0 Å². The molecule has 2 unspecified atom stereocenters. The molecule has 5 heteroatoms. The Bertz CT molecular complexity index is 804. The van der Waals surface area contributed by atoms with Gasteiger partial charge >= 0.3 is 6.03 Å². The smallest absolute Gasteiger partial charge is 0.315 e. The van der Waals surface area contributed by atoms with Gasteiger partial charge in [-0.15, -0.1) is 0 Å². The molecule has 2 amide bonds. The zero-order valence-electron chi connectivity index (χ0n) is 13.8. The standard InChI is InChI=1S/C20H21FN2O2/c21-15-6-3-5-14(11-15)20(8-9-20)12-22-19(25)23-18-16-7-2-1-4-13(16)10-17(18)24/h1-7,11,17-18,24H,8-10,12H2,(H2,22,23,25). The van der Waals surface area contributed by atoms with Crippen molar-refractivity contribution in [2.75, 3.05) is 6.54 Å². The van der Waals surface area contributed by atoms with Crippen LogP contribution in [-0.4, -0.2) is 23.8 Å². The van der Waals surface area contributed by atoms with Crippen molar-refractivity contribution < 1.29 is 14.3 Å². The van der Waals surface area contributed by atoms with E-state index in [0.717, 1.165) is 29.5 Å². The highest BCUT2D eigenvalue weighted by molar-refractivity contribution is 5.75. The topological polar surface area (TPSA) is 61.4 Å². The summed E-state index contributed by atoms with van der Waals surface area (Å²) in [6.45, 7) is 0.465. The van der Waals surface area contributed by atoms with Gasteiger partial charge in [0, 0.05) is 18.4 Å². The van der Waals surface area contributed by atoms with Gasteiger partial charge in [-0.2, -0.15) is 0 Å². The molecular weight excluding hydrogens is 319 g/mol. The summed E-state index contributed by atoms with van der Waals surface area (Å²) in [6.07, 6.45) is 1.81. The van der Waals surface area contributed by atoms with Gasteiger partial charge in [0.15, 0.2) is 0 Å². The van der Waals surface area contributed by atoms with E-state index in [2.05, 4.69) is 10.6 Å².